The van der Waals surface area contributed by atoms with Crippen molar-refractivity contribution in [2.24, 2.45) is 5.92 Å². The summed E-state index contributed by atoms with van der Waals surface area (Å²) < 4.78 is 28.6. The van der Waals surface area contributed by atoms with E-state index in [1.807, 2.05) is 7.05 Å². The minimum Gasteiger partial charge on any atom is -0.319 e. The van der Waals surface area contributed by atoms with Gasteiger partial charge in [0, 0.05) is 19.3 Å². The zero-order chi connectivity index (χ0) is 13.7. The molecule has 19 heavy (non-hydrogen) atoms. The molecule has 0 spiro atoms. The second-order valence-corrected chi connectivity index (χ2v) is 6.44. The Morgan fingerprint density at radius 1 is 1.53 bits per heavy atom. The van der Waals surface area contributed by atoms with Crippen molar-refractivity contribution in [1.29, 1.82) is 0 Å². The van der Waals surface area contributed by atoms with Crippen LogP contribution in [0.5, 0.6) is 0 Å². The quantitative estimate of drug-likeness (QED) is 0.833. The van der Waals surface area contributed by atoms with Crippen LogP contribution in [-0.2, 0) is 10.2 Å². The Hall–Kier alpha value is -1.18. The van der Waals surface area contributed by atoms with Crippen molar-refractivity contribution < 1.29 is 8.42 Å². The zero-order valence-corrected chi connectivity index (χ0v) is 11.9. The number of piperidine rings is 1. The van der Waals surface area contributed by atoms with Crippen LogP contribution in [0.25, 0.3) is 0 Å². The Bertz CT molecular complexity index is 490. The lowest BCUT2D eigenvalue weighted by Crippen LogP contribution is -2.44. The van der Waals surface area contributed by atoms with E-state index in [1.54, 1.807) is 18.3 Å². The average molecular weight is 284 g/mol. The molecule has 0 saturated carbocycles. The van der Waals surface area contributed by atoms with E-state index in [2.05, 4.69) is 15.0 Å². The van der Waals surface area contributed by atoms with Crippen molar-refractivity contribution in [2.75, 3.05) is 31.4 Å². The number of hydrogen-bond acceptors (Lipinski definition) is 4. The summed E-state index contributed by atoms with van der Waals surface area (Å²) in [6, 6.07) is 3.40. The highest BCUT2D eigenvalue weighted by molar-refractivity contribution is 7.90. The molecular weight excluding hydrogens is 264 g/mol. The summed E-state index contributed by atoms with van der Waals surface area (Å²) in [6.45, 7) is 1.99. The molecule has 1 aromatic heterocycles. The maximum atomic E-state index is 12.3. The third-order valence-corrected chi connectivity index (χ3v) is 4.73. The SMILES string of the molecule is CNCC1CCCN(S(=O)(=O)Nc2cccnc2)C1. The molecule has 0 aromatic carbocycles. The highest BCUT2D eigenvalue weighted by Gasteiger charge is 2.28. The monoisotopic (exact) mass is 284 g/mol. The molecule has 1 aromatic rings. The van der Waals surface area contributed by atoms with E-state index in [-0.39, 0.29) is 0 Å². The molecule has 7 heteroatoms. The van der Waals surface area contributed by atoms with Gasteiger partial charge in [-0.15, -0.1) is 0 Å². The van der Waals surface area contributed by atoms with Gasteiger partial charge in [-0.05, 0) is 44.5 Å². The summed E-state index contributed by atoms with van der Waals surface area (Å²) in [5.74, 6) is 0.379. The largest absolute Gasteiger partial charge is 0.319 e. The Morgan fingerprint density at radius 3 is 3.05 bits per heavy atom. The van der Waals surface area contributed by atoms with Crippen LogP contribution in [0.1, 0.15) is 12.8 Å². The molecule has 1 fully saturated rings. The van der Waals surface area contributed by atoms with Crippen LogP contribution in [0.4, 0.5) is 5.69 Å². The van der Waals surface area contributed by atoms with E-state index in [0.29, 0.717) is 24.7 Å². The molecule has 1 aliphatic rings. The summed E-state index contributed by atoms with van der Waals surface area (Å²) in [6.07, 6.45) is 5.09. The summed E-state index contributed by atoms with van der Waals surface area (Å²) in [4.78, 5) is 3.90. The molecule has 6 nitrogen and oxygen atoms in total. The number of hydrogen-bond donors (Lipinski definition) is 2. The molecular formula is C12H20N4O2S. The van der Waals surface area contributed by atoms with E-state index in [9.17, 15) is 8.42 Å². The van der Waals surface area contributed by atoms with Crippen molar-refractivity contribution in [3.8, 4) is 0 Å². The second kappa shape index (κ2) is 6.31. The lowest BCUT2D eigenvalue weighted by molar-refractivity contribution is 0.264. The highest BCUT2D eigenvalue weighted by Crippen LogP contribution is 2.19. The molecule has 106 valence electrons. The van der Waals surface area contributed by atoms with Crippen LogP contribution in [0.15, 0.2) is 24.5 Å². The number of rotatable bonds is 5. The van der Waals surface area contributed by atoms with Crippen LogP contribution >= 0.6 is 0 Å². The Balaban J connectivity index is 2.03. The van der Waals surface area contributed by atoms with Crippen molar-refractivity contribution in [2.45, 2.75) is 12.8 Å². The number of nitrogens with one attached hydrogen (secondary N) is 2. The van der Waals surface area contributed by atoms with Crippen LogP contribution < -0.4 is 10.0 Å². The van der Waals surface area contributed by atoms with Gasteiger partial charge in [-0.25, -0.2) is 0 Å². The minimum atomic E-state index is -3.47. The van der Waals surface area contributed by atoms with Gasteiger partial charge in [0.1, 0.15) is 0 Å². The van der Waals surface area contributed by atoms with Crippen LogP contribution in [0, 0.1) is 5.92 Å². The standard InChI is InChI=1S/C12H20N4O2S/c1-13-8-11-4-3-7-16(10-11)19(17,18)15-12-5-2-6-14-9-12/h2,5-6,9,11,13,15H,3-4,7-8,10H2,1H3. The minimum absolute atomic E-state index is 0.379. The molecule has 0 amide bonds. The first-order valence-electron chi connectivity index (χ1n) is 6.44. The molecule has 0 aliphatic carbocycles. The third kappa shape index (κ3) is 3.89. The molecule has 2 rings (SSSR count). The molecule has 2 heterocycles. The van der Waals surface area contributed by atoms with Gasteiger partial charge in [0.2, 0.25) is 0 Å². The van der Waals surface area contributed by atoms with E-state index in [0.717, 1.165) is 19.4 Å². The zero-order valence-electron chi connectivity index (χ0n) is 11.0. The molecule has 1 aliphatic heterocycles. The number of pyridine rings is 1. The Morgan fingerprint density at radius 2 is 2.37 bits per heavy atom. The van der Waals surface area contributed by atoms with Crippen LogP contribution in [0.2, 0.25) is 0 Å². The van der Waals surface area contributed by atoms with Gasteiger partial charge >= 0.3 is 10.2 Å². The predicted molar refractivity (Wildman–Crippen MR) is 75.0 cm³/mol. The van der Waals surface area contributed by atoms with Gasteiger partial charge in [-0.3, -0.25) is 9.71 Å². The third-order valence-electron chi connectivity index (χ3n) is 3.22. The van der Waals surface area contributed by atoms with Crippen LogP contribution in [-0.4, -0.2) is 44.4 Å². The fourth-order valence-corrected chi connectivity index (χ4v) is 3.66. The maximum Gasteiger partial charge on any atom is 0.301 e. The van der Waals surface area contributed by atoms with Gasteiger partial charge in [-0.1, -0.05) is 0 Å². The lowest BCUT2D eigenvalue weighted by atomic mass is 10.00. The molecule has 0 radical (unpaired) electrons. The fraction of sp³-hybridized carbons (Fsp3) is 0.583. The molecule has 2 N–H and O–H groups in total. The molecule has 1 saturated heterocycles. The Kier molecular flexibility index (Phi) is 4.73. The van der Waals surface area contributed by atoms with Gasteiger partial charge in [0.25, 0.3) is 0 Å². The van der Waals surface area contributed by atoms with Crippen molar-refractivity contribution in [3.05, 3.63) is 24.5 Å². The molecule has 1 atom stereocenters. The normalized spacial score (nSPS) is 21.2. The van der Waals surface area contributed by atoms with Crippen molar-refractivity contribution in [1.82, 2.24) is 14.6 Å². The first-order chi connectivity index (χ1) is 9.12. The van der Waals surface area contributed by atoms with Gasteiger partial charge in [0.15, 0.2) is 0 Å². The maximum absolute atomic E-state index is 12.3. The first-order valence-corrected chi connectivity index (χ1v) is 7.88. The first kappa shape index (κ1) is 14.2. The van der Waals surface area contributed by atoms with E-state index in [1.165, 1.54) is 10.5 Å². The molecule has 1 unspecified atom stereocenters. The summed E-state index contributed by atoms with van der Waals surface area (Å²) in [5.41, 5.74) is 0.498. The molecule has 0 bridgehead atoms. The predicted octanol–water partition coefficient (Wildman–Crippen LogP) is 0.670. The number of aromatic nitrogens is 1. The summed E-state index contributed by atoms with van der Waals surface area (Å²) in [5, 5.41) is 3.11. The smallest absolute Gasteiger partial charge is 0.301 e. The number of anilines is 1. The number of nitrogens with zero attached hydrogens (tertiary/aromatic N) is 2. The topological polar surface area (TPSA) is 74.3 Å². The second-order valence-electron chi connectivity index (χ2n) is 4.77. The summed E-state index contributed by atoms with van der Waals surface area (Å²) in [7, 11) is -1.58. The average Bonchev–Trinajstić information content (AvgIpc) is 2.40. The fourth-order valence-electron chi connectivity index (χ4n) is 2.34. The van der Waals surface area contributed by atoms with Crippen molar-refractivity contribution in [3.63, 3.8) is 0 Å². The van der Waals surface area contributed by atoms with E-state index in [4.69, 9.17) is 0 Å². The van der Waals surface area contributed by atoms with Gasteiger partial charge in [-0.2, -0.15) is 12.7 Å². The highest BCUT2D eigenvalue weighted by atomic mass is 32.2. The lowest BCUT2D eigenvalue weighted by Gasteiger charge is -2.31. The Labute approximate surface area is 114 Å². The van der Waals surface area contributed by atoms with Crippen LogP contribution in [0.3, 0.4) is 0 Å². The summed E-state index contributed by atoms with van der Waals surface area (Å²) >= 11 is 0. The van der Waals surface area contributed by atoms with Crippen molar-refractivity contribution >= 4 is 15.9 Å². The van der Waals surface area contributed by atoms with Gasteiger partial charge < -0.3 is 5.32 Å². The van der Waals surface area contributed by atoms with Gasteiger partial charge in [0.05, 0.1) is 11.9 Å². The van der Waals surface area contributed by atoms with E-state index < -0.39 is 10.2 Å². The van der Waals surface area contributed by atoms with E-state index >= 15 is 0 Å².